The van der Waals surface area contributed by atoms with Crippen LogP contribution < -0.4 is 5.32 Å². The third-order valence-electron chi connectivity index (χ3n) is 4.18. The van der Waals surface area contributed by atoms with E-state index in [-0.39, 0.29) is 16.3 Å². The summed E-state index contributed by atoms with van der Waals surface area (Å²) in [6, 6.07) is 5.90. The molecule has 0 spiro atoms. The molecule has 0 saturated heterocycles. The van der Waals surface area contributed by atoms with Gasteiger partial charge in [0, 0.05) is 12.1 Å². The molecular weight excluding hydrogens is 292 g/mol. The maximum atomic E-state index is 12.4. The molecule has 1 fully saturated rings. The lowest BCUT2D eigenvalue weighted by Crippen LogP contribution is -2.30. The fourth-order valence-corrected chi connectivity index (χ4v) is 4.63. The Morgan fingerprint density at radius 3 is 2.71 bits per heavy atom. The van der Waals surface area contributed by atoms with Gasteiger partial charge in [0.1, 0.15) is 4.90 Å². The van der Waals surface area contributed by atoms with E-state index >= 15 is 0 Å². The zero-order valence-corrected chi connectivity index (χ0v) is 12.8. The number of nitrogens with zero attached hydrogens (tertiary/aromatic N) is 1. The smallest absolute Gasteiger partial charge is 0.287 e. The Labute approximate surface area is 124 Å². The lowest BCUT2D eigenvalue weighted by Gasteiger charge is -2.18. The van der Waals surface area contributed by atoms with Crippen LogP contribution in [0, 0.1) is 16.0 Å². The Bertz CT molecular complexity index is 615. The summed E-state index contributed by atoms with van der Waals surface area (Å²) in [5, 5.41) is 14.2. The van der Waals surface area contributed by atoms with Gasteiger partial charge in [0.25, 0.3) is 5.69 Å². The van der Waals surface area contributed by atoms with E-state index < -0.39 is 14.8 Å². The average molecular weight is 312 g/mol. The minimum absolute atomic E-state index is 0.0410. The fourth-order valence-electron chi connectivity index (χ4n) is 3.05. The second-order valence-electron chi connectivity index (χ2n) is 5.42. The van der Waals surface area contributed by atoms with Crippen LogP contribution in [0.2, 0.25) is 0 Å². The van der Waals surface area contributed by atoms with Crippen molar-refractivity contribution >= 4 is 15.5 Å². The van der Waals surface area contributed by atoms with Crippen LogP contribution in [0.1, 0.15) is 25.7 Å². The number of hydrogen-bond acceptors (Lipinski definition) is 5. The number of nitro groups is 1. The first-order valence-corrected chi connectivity index (χ1v) is 8.74. The second kappa shape index (κ2) is 6.53. The summed E-state index contributed by atoms with van der Waals surface area (Å²) in [6.45, 7) is 0. The van der Waals surface area contributed by atoms with Crippen molar-refractivity contribution in [2.24, 2.45) is 5.92 Å². The van der Waals surface area contributed by atoms with Crippen LogP contribution in [-0.4, -0.2) is 32.2 Å². The van der Waals surface area contributed by atoms with Crippen LogP contribution in [0.4, 0.5) is 5.69 Å². The zero-order valence-electron chi connectivity index (χ0n) is 12.0. The normalized spacial score (nSPS) is 22.3. The van der Waals surface area contributed by atoms with E-state index in [4.69, 9.17) is 0 Å². The summed E-state index contributed by atoms with van der Waals surface area (Å²) in [5.41, 5.74) is -0.339. The first-order valence-electron chi connectivity index (χ1n) is 7.09. The highest BCUT2D eigenvalue weighted by Gasteiger charge is 2.30. The number of hydrogen-bond donors (Lipinski definition) is 1. The lowest BCUT2D eigenvalue weighted by molar-refractivity contribution is -0.387. The van der Waals surface area contributed by atoms with E-state index in [1.807, 2.05) is 7.05 Å². The van der Waals surface area contributed by atoms with E-state index in [1.165, 1.54) is 24.3 Å². The topological polar surface area (TPSA) is 89.3 Å². The van der Waals surface area contributed by atoms with Crippen molar-refractivity contribution < 1.29 is 13.3 Å². The van der Waals surface area contributed by atoms with E-state index in [2.05, 4.69) is 5.32 Å². The van der Waals surface area contributed by atoms with Crippen molar-refractivity contribution in [3.05, 3.63) is 34.4 Å². The average Bonchev–Trinajstić information content (AvgIpc) is 2.92. The van der Waals surface area contributed by atoms with Gasteiger partial charge in [-0.3, -0.25) is 10.1 Å². The molecule has 0 heterocycles. The summed E-state index contributed by atoms with van der Waals surface area (Å²) in [5.74, 6) is 0.285. The standard InChI is InChI=1S/C14H20N2O4S/c1-15-12-6-4-5-11(12)9-10-21(19,20)14-8-3-2-7-13(14)16(17)18/h2-3,7-8,11-12,15H,4-6,9-10H2,1H3. The number of rotatable bonds is 6. The summed E-state index contributed by atoms with van der Waals surface area (Å²) in [4.78, 5) is 10.1. The van der Waals surface area contributed by atoms with E-state index in [1.54, 1.807) is 0 Å². The van der Waals surface area contributed by atoms with E-state index in [0.717, 1.165) is 19.3 Å². The highest BCUT2D eigenvalue weighted by Crippen LogP contribution is 2.31. The maximum Gasteiger partial charge on any atom is 0.287 e. The number of sulfone groups is 1. The molecule has 1 saturated carbocycles. The van der Waals surface area contributed by atoms with Crippen molar-refractivity contribution in [2.45, 2.75) is 36.6 Å². The molecule has 1 aliphatic rings. The highest BCUT2D eigenvalue weighted by atomic mass is 32.2. The highest BCUT2D eigenvalue weighted by molar-refractivity contribution is 7.91. The van der Waals surface area contributed by atoms with Gasteiger partial charge in [-0.15, -0.1) is 0 Å². The van der Waals surface area contributed by atoms with E-state index in [0.29, 0.717) is 18.4 Å². The number of para-hydroxylation sites is 1. The van der Waals surface area contributed by atoms with Crippen LogP contribution in [0.15, 0.2) is 29.2 Å². The van der Waals surface area contributed by atoms with Gasteiger partial charge >= 0.3 is 0 Å². The third-order valence-corrected chi connectivity index (χ3v) is 5.97. The molecule has 6 nitrogen and oxygen atoms in total. The maximum absolute atomic E-state index is 12.4. The number of nitro benzene ring substituents is 1. The minimum Gasteiger partial charge on any atom is -0.317 e. The Hall–Kier alpha value is -1.47. The Morgan fingerprint density at radius 2 is 2.05 bits per heavy atom. The Balaban J connectivity index is 2.14. The molecule has 7 heteroatoms. The molecule has 2 unspecified atom stereocenters. The van der Waals surface area contributed by atoms with Gasteiger partial charge in [-0.05, 0) is 38.3 Å². The first kappa shape index (κ1) is 15.9. The molecule has 2 rings (SSSR count). The van der Waals surface area contributed by atoms with Crippen LogP contribution in [0.5, 0.6) is 0 Å². The minimum atomic E-state index is -3.62. The molecule has 21 heavy (non-hydrogen) atoms. The van der Waals surface area contributed by atoms with Gasteiger partial charge in [0.2, 0.25) is 0 Å². The molecule has 116 valence electrons. The number of nitrogens with one attached hydrogen (secondary N) is 1. The van der Waals surface area contributed by atoms with Gasteiger partial charge in [-0.1, -0.05) is 18.6 Å². The molecule has 2 atom stereocenters. The van der Waals surface area contributed by atoms with Gasteiger partial charge < -0.3 is 5.32 Å². The molecule has 0 bridgehead atoms. The molecule has 0 amide bonds. The number of benzene rings is 1. The van der Waals surface area contributed by atoms with Crippen LogP contribution in [0.3, 0.4) is 0 Å². The zero-order chi connectivity index (χ0) is 15.5. The van der Waals surface area contributed by atoms with Gasteiger partial charge in [0.05, 0.1) is 10.7 Å². The molecule has 0 aliphatic heterocycles. The largest absolute Gasteiger partial charge is 0.317 e. The molecular formula is C14H20N2O4S. The molecule has 1 aromatic rings. The fraction of sp³-hybridized carbons (Fsp3) is 0.571. The van der Waals surface area contributed by atoms with Crippen molar-refractivity contribution in [1.82, 2.24) is 5.32 Å². The van der Waals surface area contributed by atoms with Gasteiger partial charge in [0.15, 0.2) is 9.84 Å². The predicted octanol–water partition coefficient (Wildman–Crippen LogP) is 2.15. The van der Waals surface area contributed by atoms with Crippen LogP contribution in [0.25, 0.3) is 0 Å². The monoisotopic (exact) mass is 312 g/mol. The molecule has 1 aromatic carbocycles. The molecule has 1 N–H and O–H groups in total. The van der Waals surface area contributed by atoms with Crippen molar-refractivity contribution in [3.8, 4) is 0 Å². The summed E-state index contributed by atoms with van der Waals surface area (Å²) >= 11 is 0. The van der Waals surface area contributed by atoms with Crippen molar-refractivity contribution in [3.63, 3.8) is 0 Å². The van der Waals surface area contributed by atoms with Gasteiger partial charge in [-0.25, -0.2) is 8.42 Å². The summed E-state index contributed by atoms with van der Waals surface area (Å²) < 4.78 is 24.8. The van der Waals surface area contributed by atoms with Crippen LogP contribution in [-0.2, 0) is 9.84 Å². The molecule has 0 aromatic heterocycles. The van der Waals surface area contributed by atoms with Crippen LogP contribution >= 0.6 is 0 Å². The summed E-state index contributed by atoms with van der Waals surface area (Å²) in [7, 11) is -1.74. The first-order chi connectivity index (χ1) is 9.95. The molecule has 1 aliphatic carbocycles. The molecule has 0 radical (unpaired) electrons. The quantitative estimate of drug-likeness (QED) is 0.642. The van der Waals surface area contributed by atoms with Crippen molar-refractivity contribution in [2.75, 3.05) is 12.8 Å². The van der Waals surface area contributed by atoms with E-state index in [9.17, 15) is 18.5 Å². The Morgan fingerprint density at radius 1 is 1.33 bits per heavy atom. The van der Waals surface area contributed by atoms with Gasteiger partial charge in [-0.2, -0.15) is 0 Å². The SMILES string of the molecule is CNC1CCCC1CCS(=O)(=O)c1ccccc1[N+](=O)[O-]. The Kier molecular flexibility index (Phi) is 4.95. The third kappa shape index (κ3) is 3.59. The second-order valence-corrected chi connectivity index (χ2v) is 7.50. The van der Waals surface area contributed by atoms with Crippen molar-refractivity contribution in [1.29, 1.82) is 0 Å². The summed E-state index contributed by atoms with van der Waals surface area (Å²) in [6.07, 6.45) is 3.71. The predicted molar refractivity (Wildman–Crippen MR) is 80.0 cm³/mol. The lowest BCUT2D eigenvalue weighted by atomic mass is 10.0.